The maximum absolute atomic E-state index is 11.1. The second-order valence-corrected chi connectivity index (χ2v) is 5.07. The predicted octanol–water partition coefficient (Wildman–Crippen LogP) is 1.76. The van der Waals surface area contributed by atoms with E-state index in [0.717, 1.165) is 45.3 Å². The van der Waals surface area contributed by atoms with Crippen LogP contribution in [0.5, 0.6) is 0 Å². The monoisotopic (exact) mass is 244 g/mol. The molecule has 0 aliphatic heterocycles. The highest BCUT2D eigenvalue weighted by atomic mass is 16.4. The number of carboxylic acids is 1. The molecular formula is C13H28N2O2. The number of carboxylic acid groups (broad SMARTS) is 1. The van der Waals surface area contributed by atoms with Crippen LogP contribution >= 0.6 is 0 Å². The molecule has 0 saturated heterocycles. The van der Waals surface area contributed by atoms with E-state index >= 15 is 0 Å². The summed E-state index contributed by atoms with van der Waals surface area (Å²) in [6.07, 6.45) is 3.66. The number of likely N-dealkylation sites (N-methyl/N-ethyl adjacent to an activating group) is 2. The van der Waals surface area contributed by atoms with Crippen LogP contribution < -0.4 is 0 Å². The Morgan fingerprint density at radius 1 is 1.12 bits per heavy atom. The summed E-state index contributed by atoms with van der Waals surface area (Å²) in [5, 5.41) is 9.10. The third-order valence-corrected chi connectivity index (χ3v) is 3.04. The van der Waals surface area contributed by atoms with Crippen LogP contribution in [0.25, 0.3) is 0 Å². The largest absolute Gasteiger partial charge is 0.481 e. The van der Waals surface area contributed by atoms with E-state index in [1.165, 1.54) is 0 Å². The van der Waals surface area contributed by atoms with Crippen LogP contribution in [-0.4, -0.2) is 61.7 Å². The number of aliphatic carboxylic acids is 1. The van der Waals surface area contributed by atoms with E-state index in [0.29, 0.717) is 0 Å². The second kappa shape index (κ2) is 9.42. The number of nitrogens with zero attached hydrogens (tertiary/aromatic N) is 2. The third-order valence-electron chi connectivity index (χ3n) is 3.04. The standard InChI is InChI=1S/C13H28N2O2/c1-5-6-7-12(13(16)17)8-9-15(4)11-10-14(2)3/h12H,5-11H2,1-4H3,(H,16,17). The number of hydrogen-bond acceptors (Lipinski definition) is 3. The summed E-state index contributed by atoms with van der Waals surface area (Å²) in [5.41, 5.74) is 0. The van der Waals surface area contributed by atoms with Crippen molar-refractivity contribution >= 4 is 5.97 Å². The molecule has 0 aromatic rings. The minimum absolute atomic E-state index is 0.170. The minimum atomic E-state index is -0.639. The highest BCUT2D eigenvalue weighted by molar-refractivity contribution is 5.69. The van der Waals surface area contributed by atoms with Crippen LogP contribution in [-0.2, 0) is 4.79 Å². The van der Waals surface area contributed by atoms with Gasteiger partial charge in [0, 0.05) is 13.1 Å². The Bertz CT molecular complexity index is 208. The van der Waals surface area contributed by atoms with Crippen molar-refractivity contribution < 1.29 is 9.90 Å². The Balaban J connectivity index is 3.82. The zero-order chi connectivity index (χ0) is 13.3. The van der Waals surface area contributed by atoms with Crippen LogP contribution in [0.1, 0.15) is 32.6 Å². The van der Waals surface area contributed by atoms with Crippen LogP contribution in [0.3, 0.4) is 0 Å². The zero-order valence-electron chi connectivity index (χ0n) is 11.8. The molecule has 0 aliphatic rings. The molecule has 0 aromatic carbocycles. The number of rotatable bonds is 10. The molecule has 102 valence electrons. The van der Waals surface area contributed by atoms with Gasteiger partial charge in [-0.1, -0.05) is 19.8 Å². The summed E-state index contributed by atoms with van der Waals surface area (Å²) < 4.78 is 0. The van der Waals surface area contributed by atoms with E-state index in [9.17, 15) is 4.79 Å². The van der Waals surface area contributed by atoms with Crippen molar-refractivity contribution in [2.24, 2.45) is 5.92 Å². The van der Waals surface area contributed by atoms with Crippen LogP contribution in [0.4, 0.5) is 0 Å². The number of unbranched alkanes of at least 4 members (excludes halogenated alkanes) is 1. The van der Waals surface area contributed by atoms with E-state index in [-0.39, 0.29) is 5.92 Å². The highest BCUT2D eigenvalue weighted by Gasteiger charge is 2.16. The van der Waals surface area contributed by atoms with E-state index in [1.807, 2.05) is 0 Å². The molecule has 0 fully saturated rings. The Kier molecular flexibility index (Phi) is 9.09. The van der Waals surface area contributed by atoms with E-state index in [4.69, 9.17) is 5.11 Å². The molecule has 1 atom stereocenters. The Labute approximate surface area is 106 Å². The summed E-state index contributed by atoms with van der Waals surface area (Å²) in [5.74, 6) is -0.809. The first-order valence-corrected chi connectivity index (χ1v) is 6.53. The minimum Gasteiger partial charge on any atom is -0.481 e. The lowest BCUT2D eigenvalue weighted by atomic mass is 9.98. The molecule has 1 N–H and O–H groups in total. The molecule has 0 aromatic heterocycles. The lowest BCUT2D eigenvalue weighted by molar-refractivity contribution is -0.142. The van der Waals surface area contributed by atoms with E-state index in [2.05, 4.69) is 37.9 Å². The van der Waals surface area contributed by atoms with E-state index < -0.39 is 5.97 Å². The fourth-order valence-corrected chi connectivity index (χ4v) is 1.70. The van der Waals surface area contributed by atoms with Gasteiger partial charge in [0.05, 0.1) is 5.92 Å². The maximum atomic E-state index is 11.1. The smallest absolute Gasteiger partial charge is 0.306 e. The molecule has 0 spiro atoms. The molecule has 0 heterocycles. The molecule has 0 amide bonds. The SMILES string of the molecule is CCCCC(CCN(C)CCN(C)C)C(=O)O. The topological polar surface area (TPSA) is 43.8 Å². The summed E-state index contributed by atoms with van der Waals surface area (Å²) in [7, 11) is 6.16. The fraction of sp³-hybridized carbons (Fsp3) is 0.923. The van der Waals surface area contributed by atoms with Gasteiger partial charge in [-0.05, 0) is 40.5 Å². The molecular weight excluding hydrogens is 216 g/mol. The summed E-state index contributed by atoms with van der Waals surface area (Å²) >= 11 is 0. The Morgan fingerprint density at radius 2 is 1.76 bits per heavy atom. The average molecular weight is 244 g/mol. The summed E-state index contributed by atoms with van der Waals surface area (Å²) in [6, 6.07) is 0. The van der Waals surface area contributed by atoms with Crippen LogP contribution in [0.15, 0.2) is 0 Å². The van der Waals surface area contributed by atoms with Gasteiger partial charge >= 0.3 is 5.97 Å². The van der Waals surface area contributed by atoms with Crippen LogP contribution in [0, 0.1) is 5.92 Å². The van der Waals surface area contributed by atoms with E-state index in [1.54, 1.807) is 0 Å². The third kappa shape index (κ3) is 9.12. The molecule has 0 saturated carbocycles. The van der Waals surface area contributed by atoms with Gasteiger partial charge < -0.3 is 14.9 Å². The first kappa shape index (κ1) is 16.4. The van der Waals surface area contributed by atoms with Gasteiger partial charge in [-0.3, -0.25) is 4.79 Å². The molecule has 4 nitrogen and oxygen atoms in total. The Hall–Kier alpha value is -0.610. The van der Waals surface area contributed by atoms with Gasteiger partial charge in [-0.25, -0.2) is 0 Å². The van der Waals surface area contributed by atoms with Crippen molar-refractivity contribution in [3.63, 3.8) is 0 Å². The molecule has 17 heavy (non-hydrogen) atoms. The van der Waals surface area contributed by atoms with Crippen molar-refractivity contribution in [2.45, 2.75) is 32.6 Å². The normalized spacial score (nSPS) is 13.3. The molecule has 4 heteroatoms. The van der Waals surface area contributed by atoms with Gasteiger partial charge in [0.25, 0.3) is 0 Å². The average Bonchev–Trinajstić information content (AvgIpc) is 2.25. The summed E-state index contributed by atoms with van der Waals surface area (Å²) in [4.78, 5) is 15.4. The van der Waals surface area contributed by atoms with Crippen molar-refractivity contribution in [1.29, 1.82) is 0 Å². The quantitative estimate of drug-likeness (QED) is 0.636. The molecule has 0 bridgehead atoms. The molecule has 1 unspecified atom stereocenters. The lowest BCUT2D eigenvalue weighted by Gasteiger charge is -2.21. The van der Waals surface area contributed by atoms with Crippen molar-refractivity contribution in [3.05, 3.63) is 0 Å². The second-order valence-electron chi connectivity index (χ2n) is 5.07. The highest BCUT2D eigenvalue weighted by Crippen LogP contribution is 2.13. The van der Waals surface area contributed by atoms with Crippen LogP contribution in [0.2, 0.25) is 0 Å². The Morgan fingerprint density at radius 3 is 2.24 bits per heavy atom. The van der Waals surface area contributed by atoms with Gasteiger partial charge in [0.1, 0.15) is 0 Å². The number of hydrogen-bond donors (Lipinski definition) is 1. The molecule has 0 rings (SSSR count). The zero-order valence-corrected chi connectivity index (χ0v) is 11.8. The summed E-state index contributed by atoms with van der Waals surface area (Å²) in [6.45, 7) is 4.98. The first-order chi connectivity index (χ1) is 7.97. The van der Waals surface area contributed by atoms with Crippen molar-refractivity contribution in [1.82, 2.24) is 9.80 Å². The maximum Gasteiger partial charge on any atom is 0.306 e. The van der Waals surface area contributed by atoms with Gasteiger partial charge in [0.15, 0.2) is 0 Å². The van der Waals surface area contributed by atoms with Gasteiger partial charge in [-0.2, -0.15) is 0 Å². The number of carbonyl (C=O) groups is 1. The van der Waals surface area contributed by atoms with Gasteiger partial charge in [-0.15, -0.1) is 0 Å². The van der Waals surface area contributed by atoms with Crippen molar-refractivity contribution in [2.75, 3.05) is 40.8 Å². The molecule has 0 radical (unpaired) electrons. The predicted molar refractivity (Wildman–Crippen MR) is 71.3 cm³/mol. The lowest BCUT2D eigenvalue weighted by Crippen LogP contribution is -2.31. The first-order valence-electron chi connectivity index (χ1n) is 6.53. The fourth-order valence-electron chi connectivity index (χ4n) is 1.70. The molecule has 0 aliphatic carbocycles. The van der Waals surface area contributed by atoms with Gasteiger partial charge in [0.2, 0.25) is 0 Å². The van der Waals surface area contributed by atoms with Crippen molar-refractivity contribution in [3.8, 4) is 0 Å².